The lowest BCUT2D eigenvalue weighted by Crippen LogP contribution is -2.14. The van der Waals surface area contributed by atoms with Crippen molar-refractivity contribution in [3.05, 3.63) is 101 Å². The molecule has 5 rings (SSSR count). The van der Waals surface area contributed by atoms with Gasteiger partial charge in [-0.1, -0.05) is 30.3 Å². The molecule has 0 saturated carbocycles. The summed E-state index contributed by atoms with van der Waals surface area (Å²) in [5.74, 6) is -0.0103. The van der Waals surface area contributed by atoms with E-state index in [1.807, 2.05) is 44.2 Å². The van der Waals surface area contributed by atoms with Gasteiger partial charge in [0.25, 0.3) is 15.9 Å². The van der Waals surface area contributed by atoms with Crippen molar-refractivity contribution < 1.29 is 13.2 Å². The first-order valence-electron chi connectivity index (χ1n) is 10.6. The summed E-state index contributed by atoms with van der Waals surface area (Å²) in [5, 5.41) is 10.5. The Morgan fingerprint density at radius 3 is 2.29 bits per heavy atom. The van der Waals surface area contributed by atoms with Gasteiger partial charge in [-0.15, -0.1) is 4.40 Å². The van der Waals surface area contributed by atoms with E-state index in [1.54, 1.807) is 47.1 Å². The van der Waals surface area contributed by atoms with Crippen molar-refractivity contribution >= 4 is 33.1 Å². The van der Waals surface area contributed by atoms with Crippen molar-refractivity contribution in [1.29, 1.82) is 0 Å². The first kappa shape index (κ1) is 21.6. The number of carbonyl (C=O) groups is 1. The van der Waals surface area contributed by atoms with E-state index in [2.05, 4.69) is 20.1 Å². The van der Waals surface area contributed by atoms with Crippen LogP contribution in [-0.2, 0) is 10.0 Å². The van der Waals surface area contributed by atoms with E-state index < -0.39 is 10.0 Å². The fraction of sp³-hybridized carbons (Fsp3) is 0.0800. The van der Waals surface area contributed by atoms with Crippen LogP contribution < -0.4 is 10.6 Å². The molecule has 8 nitrogen and oxygen atoms in total. The van der Waals surface area contributed by atoms with Gasteiger partial charge in [0.2, 0.25) is 0 Å². The Bertz CT molecular complexity index is 1540. The Hall–Kier alpha value is -4.24. The van der Waals surface area contributed by atoms with Gasteiger partial charge >= 0.3 is 0 Å². The van der Waals surface area contributed by atoms with Crippen LogP contribution in [0.1, 0.15) is 27.3 Å². The molecule has 0 unspecified atom stereocenters. The van der Waals surface area contributed by atoms with Gasteiger partial charge in [-0.25, -0.2) is 4.68 Å². The molecule has 1 amide bonds. The number of fused-ring (bicyclic) bond motifs is 1. The van der Waals surface area contributed by atoms with Crippen LogP contribution in [0.2, 0.25) is 0 Å². The molecule has 0 fully saturated rings. The molecule has 170 valence electrons. The number of rotatable bonds is 4. The summed E-state index contributed by atoms with van der Waals surface area (Å²) in [7, 11) is -3.70. The van der Waals surface area contributed by atoms with E-state index in [4.69, 9.17) is 0 Å². The maximum Gasteiger partial charge on any atom is 0.285 e. The van der Waals surface area contributed by atoms with Crippen molar-refractivity contribution in [1.82, 2.24) is 9.78 Å². The van der Waals surface area contributed by atoms with Crippen LogP contribution >= 0.6 is 0 Å². The summed E-state index contributed by atoms with van der Waals surface area (Å²) in [6, 6.07) is 23.1. The second-order valence-electron chi connectivity index (χ2n) is 7.86. The average Bonchev–Trinajstić information content (AvgIpc) is 3.27. The maximum atomic E-state index is 12.9. The third kappa shape index (κ3) is 3.86. The highest BCUT2D eigenvalue weighted by Crippen LogP contribution is 2.27. The molecule has 0 spiro atoms. The van der Waals surface area contributed by atoms with Crippen molar-refractivity contribution in [2.75, 3.05) is 10.6 Å². The zero-order chi connectivity index (χ0) is 23.9. The number of nitrogens with zero attached hydrogens (tertiary/aromatic N) is 3. The van der Waals surface area contributed by atoms with Gasteiger partial charge in [0, 0.05) is 16.8 Å². The quantitative estimate of drug-likeness (QED) is 0.462. The molecule has 0 aliphatic carbocycles. The lowest BCUT2D eigenvalue weighted by atomic mass is 10.1. The number of amides is 1. The fourth-order valence-corrected chi connectivity index (χ4v) is 5.04. The number of amidine groups is 1. The average molecular weight is 472 g/mol. The molecule has 1 aromatic heterocycles. The van der Waals surface area contributed by atoms with Gasteiger partial charge in [0.1, 0.15) is 4.90 Å². The number of nitrogens with one attached hydrogen (secondary N) is 2. The first-order valence-corrected chi connectivity index (χ1v) is 12.0. The Kier molecular flexibility index (Phi) is 5.25. The molecule has 0 saturated heterocycles. The van der Waals surface area contributed by atoms with Crippen LogP contribution in [0.3, 0.4) is 0 Å². The molecule has 9 heteroatoms. The predicted octanol–water partition coefficient (Wildman–Crippen LogP) is 4.30. The Labute approximate surface area is 197 Å². The normalized spacial score (nSPS) is 13.8. The predicted molar refractivity (Wildman–Crippen MR) is 131 cm³/mol. The summed E-state index contributed by atoms with van der Waals surface area (Å²) in [5.41, 5.74) is 4.72. The minimum absolute atomic E-state index is 0.176. The second kappa shape index (κ2) is 8.27. The highest BCUT2D eigenvalue weighted by Gasteiger charge is 2.28. The van der Waals surface area contributed by atoms with E-state index in [0.717, 1.165) is 11.4 Å². The fourth-order valence-electron chi connectivity index (χ4n) is 3.87. The highest BCUT2D eigenvalue weighted by molar-refractivity contribution is 7.90. The van der Waals surface area contributed by atoms with Gasteiger partial charge in [0.05, 0.1) is 22.8 Å². The summed E-state index contributed by atoms with van der Waals surface area (Å²) in [6.45, 7) is 3.76. The maximum absolute atomic E-state index is 12.9. The standard InChI is InChI=1S/C25H21N5O3S/c1-16-23(17(2)30(28-16)20-8-4-3-5-9-20)27-25(31)18-12-14-19(15-13-18)26-24-21-10-6-7-11-22(21)34(32,33)29-24/h3-15H,1-2H3,(H,26,29)(H,27,31). The molecule has 2 N–H and O–H groups in total. The first-order chi connectivity index (χ1) is 16.3. The van der Waals surface area contributed by atoms with Crippen LogP contribution in [0.25, 0.3) is 5.69 Å². The van der Waals surface area contributed by atoms with Crippen molar-refractivity contribution in [3.63, 3.8) is 0 Å². The number of aromatic nitrogens is 2. The van der Waals surface area contributed by atoms with E-state index in [1.165, 1.54) is 6.07 Å². The van der Waals surface area contributed by atoms with Crippen LogP contribution in [0.15, 0.2) is 88.2 Å². The topological polar surface area (TPSA) is 105 Å². The third-order valence-corrected chi connectivity index (χ3v) is 6.91. The molecule has 34 heavy (non-hydrogen) atoms. The summed E-state index contributed by atoms with van der Waals surface area (Å²) < 4.78 is 30.1. The van der Waals surface area contributed by atoms with Crippen LogP contribution in [0, 0.1) is 13.8 Å². The van der Waals surface area contributed by atoms with Crippen molar-refractivity contribution in [2.24, 2.45) is 4.40 Å². The number of carbonyl (C=O) groups excluding carboxylic acids is 1. The SMILES string of the molecule is Cc1nn(-c2ccccc2)c(C)c1NC(=O)c1ccc(NC2=NS(=O)(=O)c3ccccc32)cc1. The molecule has 0 radical (unpaired) electrons. The molecule has 1 aliphatic heterocycles. The monoisotopic (exact) mass is 471 g/mol. The number of sulfonamides is 1. The molecular formula is C25H21N5O3S. The van der Waals surface area contributed by atoms with Crippen LogP contribution in [0.5, 0.6) is 0 Å². The highest BCUT2D eigenvalue weighted by atomic mass is 32.2. The summed E-state index contributed by atoms with van der Waals surface area (Å²) in [4.78, 5) is 13.1. The van der Waals surface area contributed by atoms with E-state index in [0.29, 0.717) is 28.2 Å². The number of hydrogen-bond acceptors (Lipinski definition) is 5. The Balaban J connectivity index is 1.33. The van der Waals surface area contributed by atoms with Gasteiger partial charge in [0.15, 0.2) is 5.84 Å². The number of hydrogen-bond donors (Lipinski definition) is 2. The Morgan fingerprint density at radius 1 is 0.882 bits per heavy atom. The van der Waals surface area contributed by atoms with Crippen LogP contribution in [0.4, 0.5) is 11.4 Å². The van der Waals surface area contributed by atoms with Crippen molar-refractivity contribution in [3.8, 4) is 5.69 Å². The molecule has 0 bridgehead atoms. The van der Waals surface area contributed by atoms with E-state index in [-0.39, 0.29) is 16.6 Å². The second-order valence-corrected chi connectivity index (χ2v) is 9.43. The van der Waals surface area contributed by atoms with E-state index >= 15 is 0 Å². The van der Waals surface area contributed by atoms with Gasteiger partial charge in [-0.05, 0) is 62.4 Å². The molecular weight excluding hydrogens is 450 g/mol. The molecule has 4 aromatic rings. The zero-order valence-corrected chi connectivity index (χ0v) is 19.3. The number of para-hydroxylation sites is 1. The number of anilines is 2. The number of benzene rings is 3. The van der Waals surface area contributed by atoms with Crippen molar-refractivity contribution in [2.45, 2.75) is 18.7 Å². The minimum Gasteiger partial charge on any atom is -0.339 e. The lowest BCUT2D eigenvalue weighted by molar-refractivity contribution is 0.102. The zero-order valence-electron chi connectivity index (χ0n) is 18.5. The third-order valence-electron chi connectivity index (χ3n) is 5.57. The molecule has 1 aliphatic rings. The molecule has 3 aromatic carbocycles. The lowest BCUT2D eigenvalue weighted by Gasteiger charge is -2.09. The van der Waals surface area contributed by atoms with Gasteiger partial charge < -0.3 is 10.6 Å². The van der Waals surface area contributed by atoms with Crippen LogP contribution in [-0.4, -0.2) is 29.9 Å². The summed E-state index contributed by atoms with van der Waals surface area (Å²) >= 11 is 0. The van der Waals surface area contributed by atoms with E-state index in [9.17, 15) is 13.2 Å². The summed E-state index contributed by atoms with van der Waals surface area (Å²) in [6.07, 6.45) is 0. The Morgan fingerprint density at radius 2 is 1.56 bits per heavy atom. The number of aryl methyl sites for hydroxylation is 1. The smallest absolute Gasteiger partial charge is 0.285 e. The van der Waals surface area contributed by atoms with Gasteiger partial charge in [-0.3, -0.25) is 4.79 Å². The molecule has 0 atom stereocenters. The largest absolute Gasteiger partial charge is 0.339 e. The minimum atomic E-state index is -3.70. The van der Waals surface area contributed by atoms with Gasteiger partial charge in [-0.2, -0.15) is 13.5 Å². The molecule has 2 heterocycles.